The lowest BCUT2D eigenvalue weighted by atomic mass is 10.3. The van der Waals surface area contributed by atoms with Crippen LogP contribution in [0.15, 0.2) is 17.0 Å². The van der Waals surface area contributed by atoms with E-state index in [9.17, 15) is 18.5 Å². The molecule has 10 heteroatoms. The van der Waals surface area contributed by atoms with E-state index in [0.717, 1.165) is 12.1 Å². The summed E-state index contributed by atoms with van der Waals surface area (Å²) in [6.07, 6.45) is 0.514. The first-order valence-electron chi connectivity index (χ1n) is 5.30. The summed E-state index contributed by atoms with van der Waals surface area (Å²) in [6.45, 7) is 0.0304. The minimum atomic E-state index is -4.00. The molecule has 0 bridgehead atoms. The highest BCUT2D eigenvalue weighted by molar-refractivity contribution is 7.89. The maximum absolute atomic E-state index is 12.0. The molecule has 0 unspecified atom stereocenters. The van der Waals surface area contributed by atoms with Crippen LogP contribution in [0.4, 0.5) is 5.69 Å². The van der Waals surface area contributed by atoms with Gasteiger partial charge in [-0.05, 0) is 18.6 Å². The minimum Gasteiger partial charge on any atom is -0.258 e. The first kappa shape index (κ1) is 16.7. The predicted molar refractivity (Wildman–Crippen MR) is 73.2 cm³/mol. The summed E-state index contributed by atoms with van der Waals surface area (Å²) in [7, 11) is -4.00. The molecule has 0 saturated heterocycles. The number of hydrogen-bond donors (Lipinski definition) is 1. The van der Waals surface area contributed by atoms with Crippen LogP contribution < -0.4 is 4.72 Å². The Hall–Kier alpha value is -1.40. The van der Waals surface area contributed by atoms with E-state index >= 15 is 0 Å². The highest BCUT2D eigenvalue weighted by Gasteiger charge is 2.27. The van der Waals surface area contributed by atoms with Crippen molar-refractivity contribution >= 4 is 38.9 Å². The van der Waals surface area contributed by atoms with Gasteiger partial charge in [0, 0.05) is 13.0 Å². The zero-order valence-electron chi connectivity index (χ0n) is 9.97. The molecular formula is C10H9Cl2N3O4S. The molecule has 0 aliphatic rings. The van der Waals surface area contributed by atoms with Gasteiger partial charge in [0.25, 0.3) is 0 Å². The van der Waals surface area contributed by atoms with Crippen LogP contribution in [0.2, 0.25) is 10.0 Å². The van der Waals surface area contributed by atoms with E-state index in [4.69, 9.17) is 28.5 Å². The van der Waals surface area contributed by atoms with Gasteiger partial charge < -0.3 is 0 Å². The van der Waals surface area contributed by atoms with Crippen LogP contribution in [-0.2, 0) is 10.0 Å². The quantitative estimate of drug-likeness (QED) is 0.486. The SMILES string of the molecule is N#CCCCNS(=O)(=O)c1ccc(Cl)c([N+](=O)[O-])c1Cl. The van der Waals surface area contributed by atoms with E-state index in [0.29, 0.717) is 6.42 Å². The Kier molecular flexibility index (Phi) is 5.71. The monoisotopic (exact) mass is 337 g/mol. The van der Waals surface area contributed by atoms with Gasteiger partial charge in [-0.3, -0.25) is 10.1 Å². The summed E-state index contributed by atoms with van der Waals surface area (Å²) in [5.74, 6) is 0. The largest absolute Gasteiger partial charge is 0.307 e. The second-order valence-corrected chi connectivity index (χ2v) is 6.15. The van der Waals surface area contributed by atoms with Gasteiger partial charge in [0.1, 0.15) is 14.9 Å². The van der Waals surface area contributed by atoms with Crippen LogP contribution in [0.1, 0.15) is 12.8 Å². The van der Waals surface area contributed by atoms with E-state index in [1.807, 2.05) is 6.07 Å². The summed E-state index contributed by atoms with van der Waals surface area (Å²) >= 11 is 11.4. The van der Waals surface area contributed by atoms with Gasteiger partial charge in [-0.2, -0.15) is 5.26 Å². The molecule has 0 aliphatic heterocycles. The molecule has 0 atom stereocenters. The number of benzene rings is 1. The van der Waals surface area contributed by atoms with Crippen LogP contribution in [0.3, 0.4) is 0 Å². The van der Waals surface area contributed by atoms with Crippen LogP contribution >= 0.6 is 23.2 Å². The van der Waals surface area contributed by atoms with Gasteiger partial charge in [0.2, 0.25) is 10.0 Å². The van der Waals surface area contributed by atoms with Crippen LogP contribution in [-0.4, -0.2) is 19.9 Å². The van der Waals surface area contributed by atoms with Gasteiger partial charge in [0.05, 0.1) is 11.0 Å². The van der Waals surface area contributed by atoms with Crippen molar-refractivity contribution in [1.82, 2.24) is 4.72 Å². The highest BCUT2D eigenvalue weighted by Crippen LogP contribution is 2.36. The Morgan fingerprint density at radius 3 is 2.60 bits per heavy atom. The van der Waals surface area contributed by atoms with Crippen molar-refractivity contribution in [2.45, 2.75) is 17.7 Å². The smallest absolute Gasteiger partial charge is 0.258 e. The zero-order chi connectivity index (χ0) is 15.3. The number of nitriles is 1. The fourth-order valence-electron chi connectivity index (χ4n) is 1.35. The van der Waals surface area contributed by atoms with Crippen LogP contribution in [0.25, 0.3) is 0 Å². The number of unbranched alkanes of at least 4 members (excludes halogenated alkanes) is 1. The molecule has 108 valence electrons. The maximum Gasteiger partial charge on any atom is 0.307 e. The van der Waals surface area contributed by atoms with Crippen molar-refractivity contribution in [3.8, 4) is 6.07 Å². The Labute approximate surface area is 125 Å². The average molecular weight is 338 g/mol. The number of nitrogens with one attached hydrogen (secondary N) is 1. The van der Waals surface area contributed by atoms with E-state index in [1.165, 1.54) is 0 Å². The molecule has 1 aromatic rings. The number of nitrogens with zero attached hydrogens (tertiary/aromatic N) is 2. The zero-order valence-corrected chi connectivity index (χ0v) is 12.3. The molecule has 0 saturated carbocycles. The molecule has 0 heterocycles. The van der Waals surface area contributed by atoms with Gasteiger partial charge >= 0.3 is 5.69 Å². The molecule has 20 heavy (non-hydrogen) atoms. The third kappa shape index (κ3) is 3.80. The van der Waals surface area contributed by atoms with Gasteiger partial charge in [-0.25, -0.2) is 13.1 Å². The number of nitro benzene ring substituents is 1. The van der Waals surface area contributed by atoms with Crippen molar-refractivity contribution in [2.24, 2.45) is 0 Å². The van der Waals surface area contributed by atoms with E-state index in [-0.39, 0.29) is 18.0 Å². The Bertz CT molecular complexity index is 670. The molecule has 0 aromatic heterocycles. The molecule has 1 rings (SSSR count). The molecule has 0 aliphatic carbocycles. The molecule has 7 nitrogen and oxygen atoms in total. The fraction of sp³-hybridized carbons (Fsp3) is 0.300. The van der Waals surface area contributed by atoms with Crippen molar-refractivity contribution in [3.05, 3.63) is 32.3 Å². The normalized spacial score (nSPS) is 11.1. The summed E-state index contributed by atoms with van der Waals surface area (Å²) in [4.78, 5) is 9.53. The molecule has 1 N–H and O–H groups in total. The molecule has 0 fully saturated rings. The van der Waals surface area contributed by atoms with Crippen molar-refractivity contribution in [3.63, 3.8) is 0 Å². The molecular weight excluding hydrogens is 329 g/mol. The number of halogens is 2. The molecule has 0 spiro atoms. The van der Waals surface area contributed by atoms with E-state index in [1.54, 1.807) is 0 Å². The molecule has 0 amide bonds. The Balaban J connectivity index is 3.11. The second-order valence-electron chi connectivity index (χ2n) is 3.62. The third-order valence-electron chi connectivity index (χ3n) is 2.26. The number of nitro groups is 1. The van der Waals surface area contributed by atoms with Gasteiger partial charge in [-0.1, -0.05) is 23.2 Å². The van der Waals surface area contributed by atoms with E-state index in [2.05, 4.69) is 4.72 Å². The van der Waals surface area contributed by atoms with Crippen LogP contribution in [0.5, 0.6) is 0 Å². The van der Waals surface area contributed by atoms with Crippen LogP contribution in [0, 0.1) is 21.4 Å². The Morgan fingerprint density at radius 2 is 2.05 bits per heavy atom. The lowest BCUT2D eigenvalue weighted by molar-refractivity contribution is -0.384. The molecule has 0 radical (unpaired) electrons. The fourth-order valence-corrected chi connectivity index (χ4v) is 3.31. The first-order valence-corrected chi connectivity index (χ1v) is 7.54. The standard InChI is InChI=1S/C10H9Cl2N3O4S/c11-7-3-4-8(9(12)10(7)15(16)17)20(18,19)14-6-2-1-5-13/h3-4,14H,1-2,6H2. The number of rotatable bonds is 6. The van der Waals surface area contributed by atoms with Crippen molar-refractivity contribution < 1.29 is 13.3 Å². The van der Waals surface area contributed by atoms with Gasteiger partial charge in [0.15, 0.2) is 0 Å². The highest BCUT2D eigenvalue weighted by atomic mass is 35.5. The van der Waals surface area contributed by atoms with Crippen molar-refractivity contribution in [2.75, 3.05) is 6.54 Å². The topological polar surface area (TPSA) is 113 Å². The summed E-state index contributed by atoms with van der Waals surface area (Å²) < 4.78 is 26.1. The first-order chi connectivity index (χ1) is 9.31. The summed E-state index contributed by atoms with van der Waals surface area (Å²) in [5, 5.41) is 18.4. The molecule has 1 aromatic carbocycles. The Morgan fingerprint density at radius 1 is 1.40 bits per heavy atom. The second kappa shape index (κ2) is 6.85. The van der Waals surface area contributed by atoms with E-state index < -0.39 is 30.6 Å². The minimum absolute atomic E-state index is 0.0304. The summed E-state index contributed by atoms with van der Waals surface area (Å²) in [5.41, 5.74) is -0.659. The third-order valence-corrected chi connectivity index (χ3v) is 4.56. The average Bonchev–Trinajstić information content (AvgIpc) is 2.34. The van der Waals surface area contributed by atoms with Gasteiger partial charge in [-0.15, -0.1) is 0 Å². The summed E-state index contributed by atoms with van der Waals surface area (Å²) in [6, 6.07) is 4.05. The predicted octanol–water partition coefficient (Wildman–Crippen LogP) is 2.48. The lowest BCUT2D eigenvalue weighted by Gasteiger charge is -2.08. The number of sulfonamides is 1. The maximum atomic E-state index is 12.0. The van der Waals surface area contributed by atoms with Crippen molar-refractivity contribution in [1.29, 1.82) is 5.26 Å². The number of hydrogen-bond acceptors (Lipinski definition) is 5. The lowest BCUT2D eigenvalue weighted by Crippen LogP contribution is -2.25.